The van der Waals surface area contributed by atoms with E-state index in [0.29, 0.717) is 13.1 Å². The van der Waals surface area contributed by atoms with Gasteiger partial charge in [-0.3, -0.25) is 4.99 Å². The van der Waals surface area contributed by atoms with E-state index in [1.54, 1.807) is 0 Å². The zero-order valence-electron chi connectivity index (χ0n) is 7.30. The van der Waals surface area contributed by atoms with Gasteiger partial charge >= 0.3 is 0 Å². The van der Waals surface area contributed by atoms with Gasteiger partial charge in [-0.2, -0.15) is 0 Å². The quantitative estimate of drug-likeness (QED) is 0.487. The first-order valence-corrected chi connectivity index (χ1v) is 4.03. The molecule has 0 aromatic rings. The van der Waals surface area contributed by atoms with Crippen LogP contribution in [0, 0.1) is 0 Å². The van der Waals surface area contributed by atoms with Gasteiger partial charge < -0.3 is 15.7 Å². The number of hydrogen-bond donors (Lipinski definition) is 3. The first-order valence-electron chi connectivity index (χ1n) is 4.03. The summed E-state index contributed by atoms with van der Waals surface area (Å²) in [5.41, 5.74) is 1.06. The number of aliphatic hydroxyl groups is 1. The van der Waals surface area contributed by atoms with Crippen LogP contribution in [0.3, 0.4) is 0 Å². The van der Waals surface area contributed by atoms with Gasteiger partial charge in [0, 0.05) is 13.1 Å². The Morgan fingerprint density at radius 3 is 3.17 bits per heavy atom. The second-order valence-electron chi connectivity index (χ2n) is 3.03. The normalized spacial score (nSPS) is 22.5. The molecule has 1 heterocycles. The van der Waals surface area contributed by atoms with E-state index < -0.39 is 0 Å². The fourth-order valence-corrected chi connectivity index (χ4v) is 0.885. The van der Waals surface area contributed by atoms with Gasteiger partial charge in [0.2, 0.25) is 0 Å². The van der Waals surface area contributed by atoms with Crippen molar-refractivity contribution in [2.75, 3.05) is 19.6 Å². The zero-order valence-corrected chi connectivity index (χ0v) is 7.30. The van der Waals surface area contributed by atoms with E-state index in [0.717, 1.165) is 18.1 Å². The van der Waals surface area contributed by atoms with Crippen molar-refractivity contribution in [2.45, 2.75) is 13.0 Å². The number of nitrogens with one attached hydrogen (secondary N) is 2. The van der Waals surface area contributed by atoms with Crippen LogP contribution in [0.25, 0.3) is 0 Å². The van der Waals surface area contributed by atoms with E-state index in [9.17, 15) is 0 Å². The van der Waals surface area contributed by atoms with E-state index >= 15 is 0 Å². The number of guanidine groups is 1. The van der Waals surface area contributed by atoms with E-state index in [1.165, 1.54) is 0 Å². The molecule has 0 saturated heterocycles. The number of β-amino-alcohol motifs (C(OH)–C–C–N with tert-alkyl or cyclic N) is 1. The summed E-state index contributed by atoms with van der Waals surface area (Å²) in [5, 5.41) is 15.1. The third-order valence-electron chi connectivity index (χ3n) is 1.52. The molecule has 1 aliphatic rings. The van der Waals surface area contributed by atoms with Gasteiger partial charge in [0.25, 0.3) is 0 Å². The summed E-state index contributed by atoms with van der Waals surface area (Å²) in [7, 11) is 0. The van der Waals surface area contributed by atoms with Crippen molar-refractivity contribution >= 4 is 5.96 Å². The molecule has 0 saturated carbocycles. The van der Waals surface area contributed by atoms with Crippen LogP contribution in [-0.4, -0.2) is 36.8 Å². The molecule has 3 N–H and O–H groups in total. The van der Waals surface area contributed by atoms with Crippen LogP contribution < -0.4 is 10.6 Å². The predicted octanol–water partition coefficient (Wildman–Crippen LogP) is -0.528. The Morgan fingerprint density at radius 2 is 2.67 bits per heavy atom. The van der Waals surface area contributed by atoms with Crippen molar-refractivity contribution in [3.05, 3.63) is 12.2 Å². The van der Waals surface area contributed by atoms with E-state index in [4.69, 9.17) is 5.11 Å². The van der Waals surface area contributed by atoms with Gasteiger partial charge in [-0.15, -0.1) is 0 Å². The molecular weight excluding hydrogens is 154 g/mol. The van der Waals surface area contributed by atoms with Crippen LogP contribution in [0.2, 0.25) is 0 Å². The van der Waals surface area contributed by atoms with Crippen LogP contribution in [0.4, 0.5) is 0 Å². The summed E-state index contributed by atoms with van der Waals surface area (Å²) in [6.45, 7) is 7.48. The van der Waals surface area contributed by atoms with Crippen molar-refractivity contribution in [1.82, 2.24) is 10.6 Å². The summed E-state index contributed by atoms with van der Waals surface area (Å²) in [4.78, 5) is 4.09. The van der Waals surface area contributed by atoms with Crippen LogP contribution in [0.1, 0.15) is 6.92 Å². The molecule has 0 fully saturated rings. The Kier molecular flexibility index (Phi) is 3.10. The number of aliphatic imine (C=N–C) groups is 1. The minimum Gasteiger partial charge on any atom is -0.389 e. The molecule has 68 valence electrons. The predicted molar refractivity (Wildman–Crippen MR) is 49.1 cm³/mol. The minimum absolute atomic E-state index is 0.347. The Hall–Kier alpha value is -1.03. The Labute approximate surface area is 72.4 Å². The lowest BCUT2D eigenvalue weighted by molar-refractivity contribution is 0.180. The third kappa shape index (κ3) is 2.92. The fourth-order valence-electron chi connectivity index (χ4n) is 0.885. The van der Waals surface area contributed by atoms with Crippen molar-refractivity contribution < 1.29 is 5.11 Å². The number of nitrogens with zero attached hydrogens (tertiary/aromatic N) is 1. The Balaban J connectivity index is 2.29. The third-order valence-corrected chi connectivity index (χ3v) is 1.52. The van der Waals surface area contributed by atoms with Crippen LogP contribution >= 0.6 is 0 Å². The lowest BCUT2D eigenvalue weighted by Gasteiger charge is -2.19. The SMILES string of the molecule is C=C(C)CNC1=NCC(O)CN1. The van der Waals surface area contributed by atoms with Crippen molar-refractivity contribution in [1.29, 1.82) is 0 Å². The lowest BCUT2D eigenvalue weighted by Crippen LogP contribution is -2.46. The molecule has 1 aliphatic heterocycles. The number of hydrogen-bond acceptors (Lipinski definition) is 4. The van der Waals surface area contributed by atoms with Gasteiger partial charge in [0.05, 0.1) is 12.6 Å². The van der Waals surface area contributed by atoms with Gasteiger partial charge in [-0.25, -0.2) is 0 Å². The zero-order chi connectivity index (χ0) is 8.97. The highest BCUT2D eigenvalue weighted by atomic mass is 16.3. The second-order valence-corrected chi connectivity index (χ2v) is 3.03. The molecule has 0 aromatic carbocycles. The van der Waals surface area contributed by atoms with Crippen molar-refractivity contribution in [3.63, 3.8) is 0 Å². The summed E-state index contributed by atoms with van der Waals surface area (Å²) in [6.07, 6.45) is -0.347. The topological polar surface area (TPSA) is 56.7 Å². The van der Waals surface area contributed by atoms with Crippen LogP contribution in [0.15, 0.2) is 17.1 Å². The molecular formula is C8H15N3O. The molecule has 12 heavy (non-hydrogen) atoms. The summed E-state index contributed by atoms with van der Waals surface area (Å²) < 4.78 is 0. The van der Waals surface area contributed by atoms with E-state index in [1.807, 2.05) is 6.92 Å². The lowest BCUT2D eigenvalue weighted by atomic mass is 10.3. The molecule has 0 radical (unpaired) electrons. The largest absolute Gasteiger partial charge is 0.389 e. The monoisotopic (exact) mass is 169 g/mol. The Morgan fingerprint density at radius 1 is 1.92 bits per heavy atom. The van der Waals surface area contributed by atoms with Gasteiger partial charge in [0.15, 0.2) is 5.96 Å². The van der Waals surface area contributed by atoms with Crippen molar-refractivity contribution in [2.24, 2.45) is 4.99 Å². The standard InChI is InChI=1S/C8H15N3O/c1-6(2)3-9-8-10-4-7(12)5-11-8/h7,12H,1,3-5H2,2H3,(H2,9,10,11). The first-order chi connectivity index (χ1) is 5.68. The molecule has 0 bridgehead atoms. The molecule has 0 spiro atoms. The summed E-state index contributed by atoms with van der Waals surface area (Å²) in [5.74, 6) is 0.753. The maximum Gasteiger partial charge on any atom is 0.191 e. The number of aliphatic hydroxyl groups excluding tert-OH is 1. The van der Waals surface area contributed by atoms with Crippen molar-refractivity contribution in [3.8, 4) is 0 Å². The molecule has 4 heteroatoms. The maximum atomic E-state index is 9.09. The van der Waals surface area contributed by atoms with Gasteiger partial charge in [0.1, 0.15) is 0 Å². The molecule has 0 aromatic heterocycles. The van der Waals surface area contributed by atoms with E-state index in [2.05, 4.69) is 22.2 Å². The Bertz CT molecular complexity index is 200. The fraction of sp³-hybridized carbons (Fsp3) is 0.625. The average Bonchev–Trinajstić information content (AvgIpc) is 2.03. The molecule has 0 amide bonds. The first kappa shape index (κ1) is 9.06. The smallest absolute Gasteiger partial charge is 0.191 e. The highest BCUT2D eigenvalue weighted by molar-refractivity contribution is 5.80. The van der Waals surface area contributed by atoms with Gasteiger partial charge in [-0.1, -0.05) is 12.2 Å². The molecule has 4 nitrogen and oxygen atoms in total. The maximum absolute atomic E-state index is 9.09. The second kappa shape index (κ2) is 4.11. The van der Waals surface area contributed by atoms with Gasteiger partial charge in [-0.05, 0) is 6.92 Å². The number of rotatable bonds is 2. The van der Waals surface area contributed by atoms with Crippen LogP contribution in [0.5, 0.6) is 0 Å². The molecule has 1 rings (SSSR count). The molecule has 1 unspecified atom stereocenters. The van der Waals surface area contributed by atoms with Crippen LogP contribution in [-0.2, 0) is 0 Å². The molecule has 1 atom stereocenters. The molecule has 0 aliphatic carbocycles. The summed E-state index contributed by atoms with van der Waals surface area (Å²) in [6, 6.07) is 0. The average molecular weight is 169 g/mol. The highest BCUT2D eigenvalue weighted by Crippen LogP contribution is 1.90. The highest BCUT2D eigenvalue weighted by Gasteiger charge is 2.10. The minimum atomic E-state index is -0.347. The van der Waals surface area contributed by atoms with E-state index in [-0.39, 0.29) is 6.10 Å². The summed E-state index contributed by atoms with van der Waals surface area (Å²) >= 11 is 0.